The third kappa shape index (κ3) is 13.2. The molecule has 0 aromatic heterocycles. The predicted molar refractivity (Wildman–Crippen MR) is 151 cm³/mol. The summed E-state index contributed by atoms with van der Waals surface area (Å²) in [6.45, 7) is 4.84. The Morgan fingerprint density at radius 2 is 1.29 bits per heavy atom. The first-order chi connectivity index (χ1) is 19.6. The third-order valence-corrected chi connectivity index (χ3v) is 6.06. The van der Waals surface area contributed by atoms with Crippen molar-refractivity contribution in [2.75, 3.05) is 0 Å². The van der Waals surface area contributed by atoms with Crippen molar-refractivity contribution in [2.24, 2.45) is 23.1 Å². The van der Waals surface area contributed by atoms with Crippen LogP contribution in [-0.4, -0.2) is 76.7 Å². The summed E-state index contributed by atoms with van der Waals surface area (Å²) in [6, 6.07) is 2.46. The largest absolute Gasteiger partial charge is 0.480 e. The third-order valence-electron chi connectivity index (χ3n) is 6.06. The lowest BCUT2D eigenvalue weighted by Gasteiger charge is -2.25. The average molecular weight is 592 g/mol. The molecule has 11 N–H and O–H groups in total. The molecule has 6 amide bonds. The first kappa shape index (κ1) is 35.5. The number of aliphatic carboxylic acids is 1. The van der Waals surface area contributed by atoms with Crippen LogP contribution in [0.4, 0.5) is 0 Å². The van der Waals surface area contributed by atoms with Gasteiger partial charge in [-0.05, 0) is 37.7 Å². The normalized spacial score (nSPS) is 14.4. The van der Waals surface area contributed by atoms with E-state index in [2.05, 4.69) is 21.3 Å². The fourth-order valence-corrected chi connectivity index (χ4v) is 3.85. The van der Waals surface area contributed by atoms with Gasteiger partial charge in [0, 0.05) is 6.42 Å². The summed E-state index contributed by atoms with van der Waals surface area (Å²) in [7, 11) is 0. The Balaban J connectivity index is 2.98. The Bertz CT molecular complexity index is 1130. The first-order valence-electron chi connectivity index (χ1n) is 13.4. The molecule has 0 aliphatic heterocycles. The fourth-order valence-electron chi connectivity index (χ4n) is 3.85. The Hall–Kier alpha value is -4.53. The molecule has 0 aliphatic rings. The topological polar surface area (TPSA) is 266 Å². The van der Waals surface area contributed by atoms with Crippen LogP contribution in [0.5, 0.6) is 0 Å². The molecule has 15 nitrogen and oxygen atoms in total. The van der Waals surface area contributed by atoms with Gasteiger partial charge in [-0.2, -0.15) is 0 Å². The number of carboxylic acids is 1. The quantitative estimate of drug-likeness (QED) is 0.0918. The zero-order chi connectivity index (χ0) is 32.0. The number of carbonyl (C=O) groups excluding carboxylic acids is 6. The van der Waals surface area contributed by atoms with Crippen molar-refractivity contribution >= 4 is 41.4 Å². The number of primary amides is 2. The number of rotatable bonds is 18. The van der Waals surface area contributed by atoms with Crippen LogP contribution in [0.1, 0.15) is 52.0 Å². The fraction of sp³-hybridized carbons (Fsp3) is 0.519. The molecule has 0 fully saturated rings. The molecule has 1 rings (SSSR count). The van der Waals surface area contributed by atoms with Crippen molar-refractivity contribution in [3.05, 3.63) is 35.9 Å². The molecule has 1 aromatic rings. The van der Waals surface area contributed by atoms with Gasteiger partial charge in [0.25, 0.3) is 0 Å². The lowest BCUT2D eigenvalue weighted by Crippen LogP contribution is -2.58. The van der Waals surface area contributed by atoms with Crippen LogP contribution in [0.25, 0.3) is 0 Å². The Kier molecular flexibility index (Phi) is 14.6. The minimum Gasteiger partial charge on any atom is -0.480 e. The summed E-state index contributed by atoms with van der Waals surface area (Å²) in [5.74, 6) is -6.42. The molecule has 1 aromatic carbocycles. The SMILES string of the molecule is CC(C)C[C@H](NC(=O)[C@H](C)NC(=O)[C@H](CC(N)=O)NC(=O)[C@H](CCC(N)=O)NC(=O)[C@@H](N)Cc1ccccc1)C(=O)O. The summed E-state index contributed by atoms with van der Waals surface area (Å²) in [5, 5.41) is 18.8. The van der Waals surface area contributed by atoms with Gasteiger partial charge in [-0.25, -0.2) is 4.79 Å². The highest BCUT2D eigenvalue weighted by atomic mass is 16.4. The van der Waals surface area contributed by atoms with Gasteiger partial charge in [0.1, 0.15) is 24.2 Å². The van der Waals surface area contributed by atoms with E-state index in [1.165, 1.54) is 6.92 Å². The van der Waals surface area contributed by atoms with Crippen molar-refractivity contribution in [1.82, 2.24) is 21.3 Å². The van der Waals surface area contributed by atoms with Gasteiger partial charge >= 0.3 is 5.97 Å². The van der Waals surface area contributed by atoms with Gasteiger partial charge in [-0.1, -0.05) is 44.2 Å². The van der Waals surface area contributed by atoms with Gasteiger partial charge in [-0.15, -0.1) is 0 Å². The molecular formula is C27H41N7O8. The lowest BCUT2D eigenvalue weighted by atomic mass is 10.0. The maximum absolute atomic E-state index is 13.1. The van der Waals surface area contributed by atoms with Gasteiger partial charge in [0.15, 0.2) is 0 Å². The minimum atomic E-state index is -1.57. The number of hydrogen-bond acceptors (Lipinski definition) is 8. The molecule has 42 heavy (non-hydrogen) atoms. The smallest absolute Gasteiger partial charge is 0.326 e. The van der Waals surface area contributed by atoms with Crippen LogP contribution in [0, 0.1) is 5.92 Å². The van der Waals surface area contributed by atoms with Crippen molar-refractivity contribution in [2.45, 2.75) is 83.1 Å². The molecule has 0 heterocycles. The molecule has 0 unspecified atom stereocenters. The first-order valence-corrected chi connectivity index (χ1v) is 13.4. The second-order valence-electron chi connectivity index (χ2n) is 10.4. The molecule has 0 spiro atoms. The summed E-state index contributed by atoms with van der Waals surface area (Å²) in [5.41, 5.74) is 17.2. The van der Waals surface area contributed by atoms with Gasteiger partial charge in [-0.3, -0.25) is 28.8 Å². The summed E-state index contributed by atoms with van der Waals surface area (Å²) in [6.07, 6.45) is -0.891. The van der Waals surface area contributed by atoms with E-state index in [0.29, 0.717) is 0 Å². The molecule has 0 saturated carbocycles. The highest BCUT2D eigenvalue weighted by Gasteiger charge is 2.31. The number of nitrogens with one attached hydrogen (secondary N) is 4. The summed E-state index contributed by atoms with van der Waals surface area (Å²) in [4.78, 5) is 85.9. The van der Waals surface area contributed by atoms with Crippen molar-refractivity contribution in [3.63, 3.8) is 0 Å². The molecule has 0 saturated heterocycles. The molecule has 232 valence electrons. The summed E-state index contributed by atoms with van der Waals surface area (Å²) >= 11 is 0. The van der Waals surface area contributed by atoms with E-state index in [4.69, 9.17) is 17.2 Å². The number of hydrogen-bond donors (Lipinski definition) is 8. The van der Waals surface area contributed by atoms with Crippen LogP contribution in [0.2, 0.25) is 0 Å². The number of carboxylic acid groups (broad SMARTS) is 1. The zero-order valence-electron chi connectivity index (χ0n) is 23.9. The Labute approximate surface area is 243 Å². The van der Waals surface area contributed by atoms with Crippen LogP contribution in [0.15, 0.2) is 30.3 Å². The van der Waals surface area contributed by atoms with Crippen molar-refractivity contribution < 1.29 is 38.7 Å². The van der Waals surface area contributed by atoms with Crippen LogP contribution in [0.3, 0.4) is 0 Å². The second kappa shape index (κ2) is 17.3. The second-order valence-corrected chi connectivity index (χ2v) is 10.4. The monoisotopic (exact) mass is 591 g/mol. The van der Waals surface area contributed by atoms with E-state index < -0.39 is 78.0 Å². The predicted octanol–water partition coefficient (Wildman–Crippen LogP) is -2.21. The number of carbonyl (C=O) groups is 7. The van der Waals surface area contributed by atoms with E-state index in [9.17, 15) is 38.7 Å². The molecule has 0 aliphatic carbocycles. The van der Waals surface area contributed by atoms with E-state index >= 15 is 0 Å². The zero-order valence-corrected chi connectivity index (χ0v) is 23.9. The highest BCUT2D eigenvalue weighted by Crippen LogP contribution is 2.07. The Morgan fingerprint density at radius 3 is 1.81 bits per heavy atom. The minimum absolute atomic E-state index is 0.0395. The maximum atomic E-state index is 13.1. The van der Waals surface area contributed by atoms with E-state index in [1.54, 1.807) is 44.2 Å². The molecule has 0 radical (unpaired) electrons. The van der Waals surface area contributed by atoms with Crippen LogP contribution < -0.4 is 38.5 Å². The lowest BCUT2D eigenvalue weighted by molar-refractivity contribution is -0.142. The molecule has 15 heteroatoms. The van der Waals surface area contributed by atoms with Crippen molar-refractivity contribution in [1.29, 1.82) is 0 Å². The molecule has 5 atom stereocenters. The van der Waals surface area contributed by atoms with Gasteiger partial charge < -0.3 is 43.6 Å². The van der Waals surface area contributed by atoms with Gasteiger partial charge in [0.2, 0.25) is 35.4 Å². The summed E-state index contributed by atoms with van der Waals surface area (Å²) < 4.78 is 0. The average Bonchev–Trinajstić information content (AvgIpc) is 2.89. The van der Waals surface area contributed by atoms with Gasteiger partial charge in [0.05, 0.1) is 12.5 Å². The van der Waals surface area contributed by atoms with Crippen LogP contribution >= 0.6 is 0 Å². The number of benzene rings is 1. The maximum Gasteiger partial charge on any atom is 0.326 e. The number of nitrogens with two attached hydrogens (primary N) is 3. The van der Waals surface area contributed by atoms with E-state index in [1.807, 2.05) is 0 Å². The molecule has 0 bridgehead atoms. The van der Waals surface area contributed by atoms with E-state index in [-0.39, 0.29) is 31.6 Å². The Morgan fingerprint density at radius 1 is 0.738 bits per heavy atom. The number of amides is 6. The standard InChI is InChI=1S/C27H41N7O8/c1-14(2)11-20(27(41)42)34-23(37)15(3)31-26(40)19(13-22(30)36)33-25(39)18(9-10-21(29)35)32-24(38)17(28)12-16-7-5-4-6-8-16/h4-8,14-15,17-20H,9-13,28H2,1-3H3,(H2,29,35)(H2,30,36)(H,31,40)(H,32,38)(H,33,39)(H,34,37)(H,41,42)/t15-,17-,18-,19-,20-/m0/s1. The van der Waals surface area contributed by atoms with Crippen LogP contribution in [-0.2, 0) is 40.0 Å². The molecular weight excluding hydrogens is 550 g/mol. The van der Waals surface area contributed by atoms with E-state index in [0.717, 1.165) is 5.56 Å². The van der Waals surface area contributed by atoms with Crippen molar-refractivity contribution in [3.8, 4) is 0 Å². The highest BCUT2D eigenvalue weighted by molar-refractivity contribution is 5.97.